The van der Waals surface area contributed by atoms with Gasteiger partial charge in [-0.1, -0.05) is 36.8 Å². The van der Waals surface area contributed by atoms with E-state index in [4.69, 9.17) is 14.2 Å². The molecule has 164 valence electrons. The van der Waals surface area contributed by atoms with E-state index < -0.39 is 0 Å². The lowest BCUT2D eigenvalue weighted by molar-refractivity contribution is 0.244. The molecule has 2 aromatic carbocycles. The molecule has 30 heavy (non-hydrogen) atoms. The van der Waals surface area contributed by atoms with Gasteiger partial charge in [-0.3, -0.25) is 4.99 Å². The van der Waals surface area contributed by atoms with Crippen LogP contribution in [-0.2, 0) is 12.0 Å². The standard InChI is InChI=1S/C23H31N3O3.HI/c1-24-22(26-16-23(11-8-12-23)18-9-6-5-7-10-18)25-15-17-13-20(28-3)21(29-4)14-19(17)27-2;/h5-7,9-10,13-14H,8,11-12,15-16H2,1-4H3,(H2,24,25,26);1H. The highest BCUT2D eigenvalue weighted by Gasteiger charge is 2.38. The first-order valence-electron chi connectivity index (χ1n) is 9.94. The van der Waals surface area contributed by atoms with Gasteiger partial charge in [0.1, 0.15) is 5.75 Å². The summed E-state index contributed by atoms with van der Waals surface area (Å²) in [5.74, 6) is 2.82. The molecule has 0 aromatic heterocycles. The van der Waals surface area contributed by atoms with Crippen molar-refractivity contribution in [2.24, 2.45) is 4.99 Å². The van der Waals surface area contributed by atoms with Crippen LogP contribution in [0.1, 0.15) is 30.4 Å². The number of halogens is 1. The molecule has 1 saturated carbocycles. The van der Waals surface area contributed by atoms with Crippen LogP contribution in [0, 0.1) is 0 Å². The summed E-state index contributed by atoms with van der Waals surface area (Å²) >= 11 is 0. The summed E-state index contributed by atoms with van der Waals surface area (Å²) in [4.78, 5) is 4.39. The molecule has 2 aromatic rings. The van der Waals surface area contributed by atoms with E-state index in [1.165, 1.54) is 24.8 Å². The highest BCUT2D eigenvalue weighted by Crippen LogP contribution is 2.43. The van der Waals surface area contributed by atoms with Crippen LogP contribution in [0.3, 0.4) is 0 Å². The summed E-state index contributed by atoms with van der Waals surface area (Å²) in [7, 11) is 6.68. The van der Waals surface area contributed by atoms with Crippen molar-refractivity contribution in [3.05, 3.63) is 53.6 Å². The van der Waals surface area contributed by atoms with Crippen LogP contribution in [0.25, 0.3) is 0 Å². The molecular weight excluding hydrogens is 493 g/mol. The molecule has 0 radical (unpaired) electrons. The summed E-state index contributed by atoms with van der Waals surface area (Å²) < 4.78 is 16.3. The zero-order chi connectivity index (χ0) is 20.7. The molecular formula is C23H32IN3O3. The average molecular weight is 525 g/mol. The molecule has 0 heterocycles. The van der Waals surface area contributed by atoms with Gasteiger partial charge in [-0.05, 0) is 24.5 Å². The lowest BCUT2D eigenvalue weighted by Crippen LogP contribution is -2.48. The SMILES string of the molecule is CN=C(NCc1cc(OC)c(OC)cc1OC)NCC1(c2ccccc2)CCC1.I. The smallest absolute Gasteiger partial charge is 0.191 e. The van der Waals surface area contributed by atoms with E-state index in [9.17, 15) is 0 Å². The molecule has 0 aliphatic heterocycles. The van der Waals surface area contributed by atoms with Gasteiger partial charge >= 0.3 is 0 Å². The molecule has 0 unspecified atom stereocenters. The lowest BCUT2D eigenvalue weighted by atomic mass is 9.64. The molecule has 6 nitrogen and oxygen atoms in total. The predicted octanol–water partition coefficient (Wildman–Crippen LogP) is 4.12. The van der Waals surface area contributed by atoms with Crippen molar-refractivity contribution in [3.8, 4) is 17.2 Å². The maximum atomic E-state index is 5.52. The molecule has 1 aliphatic carbocycles. The topological polar surface area (TPSA) is 64.1 Å². The summed E-state index contributed by atoms with van der Waals surface area (Å²) in [6.45, 7) is 1.42. The Morgan fingerprint density at radius 1 is 0.933 bits per heavy atom. The number of hydrogen-bond donors (Lipinski definition) is 2. The Morgan fingerprint density at radius 3 is 2.10 bits per heavy atom. The van der Waals surface area contributed by atoms with E-state index >= 15 is 0 Å². The number of methoxy groups -OCH3 is 3. The zero-order valence-corrected chi connectivity index (χ0v) is 20.5. The minimum absolute atomic E-state index is 0. The Morgan fingerprint density at radius 2 is 1.57 bits per heavy atom. The van der Waals surface area contributed by atoms with Crippen molar-refractivity contribution in [2.75, 3.05) is 34.9 Å². The third-order valence-corrected chi connectivity index (χ3v) is 5.75. The van der Waals surface area contributed by atoms with Crippen LogP contribution < -0.4 is 24.8 Å². The molecule has 7 heteroatoms. The van der Waals surface area contributed by atoms with Crippen LogP contribution in [0.5, 0.6) is 17.2 Å². The largest absolute Gasteiger partial charge is 0.496 e. The number of nitrogens with one attached hydrogen (secondary N) is 2. The van der Waals surface area contributed by atoms with E-state index in [1.807, 2.05) is 12.1 Å². The van der Waals surface area contributed by atoms with Crippen molar-refractivity contribution in [3.63, 3.8) is 0 Å². The number of guanidine groups is 1. The van der Waals surface area contributed by atoms with Gasteiger partial charge < -0.3 is 24.8 Å². The quantitative estimate of drug-likeness (QED) is 0.309. The lowest BCUT2D eigenvalue weighted by Gasteiger charge is -2.43. The fourth-order valence-corrected chi connectivity index (χ4v) is 3.85. The van der Waals surface area contributed by atoms with Crippen molar-refractivity contribution < 1.29 is 14.2 Å². The minimum atomic E-state index is 0. The first kappa shape index (κ1) is 24.1. The molecule has 0 amide bonds. The van der Waals surface area contributed by atoms with Crippen molar-refractivity contribution in [1.29, 1.82) is 0 Å². The van der Waals surface area contributed by atoms with Gasteiger partial charge in [0.15, 0.2) is 17.5 Å². The van der Waals surface area contributed by atoms with Crippen LogP contribution in [0.2, 0.25) is 0 Å². The highest BCUT2D eigenvalue weighted by atomic mass is 127. The predicted molar refractivity (Wildman–Crippen MR) is 132 cm³/mol. The highest BCUT2D eigenvalue weighted by molar-refractivity contribution is 14.0. The van der Waals surface area contributed by atoms with Crippen LogP contribution in [0.15, 0.2) is 47.5 Å². The molecule has 3 rings (SSSR count). The summed E-state index contributed by atoms with van der Waals surface area (Å²) in [6, 6.07) is 14.5. The number of hydrogen-bond acceptors (Lipinski definition) is 4. The van der Waals surface area contributed by atoms with E-state index in [0.717, 1.165) is 23.8 Å². The third-order valence-electron chi connectivity index (χ3n) is 5.75. The Labute approximate surface area is 196 Å². The van der Waals surface area contributed by atoms with Crippen molar-refractivity contribution in [2.45, 2.75) is 31.2 Å². The van der Waals surface area contributed by atoms with E-state index in [1.54, 1.807) is 28.4 Å². The van der Waals surface area contributed by atoms with Gasteiger partial charge in [0.2, 0.25) is 0 Å². The molecule has 0 saturated heterocycles. The number of nitrogens with zero attached hydrogens (tertiary/aromatic N) is 1. The van der Waals surface area contributed by atoms with Gasteiger partial charge in [-0.25, -0.2) is 0 Å². The molecule has 2 N–H and O–H groups in total. The second-order valence-corrected chi connectivity index (χ2v) is 7.30. The second kappa shape index (κ2) is 11.3. The van der Waals surface area contributed by atoms with E-state index in [2.05, 4.69) is 46.0 Å². The maximum absolute atomic E-state index is 5.52. The summed E-state index contributed by atoms with van der Waals surface area (Å²) in [5, 5.41) is 6.90. The molecule has 1 fully saturated rings. The van der Waals surface area contributed by atoms with Crippen LogP contribution in [0.4, 0.5) is 0 Å². The molecule has 0 bridgehead atoms. The number of aliphatic imine (C=N–C) groups is 1. The van der Waals surface area contributed by atoms with Gasteiger partial charge in [-0.2, -0.15) is 0 Å². The maximum Gasteiger partial charge on any atom is 0.191 e. The summed E-state index contributed by atoms with van der Waals surface area (Å²) in [5.41, 5.74) is 2.56. The molecule has 1 aliphatic rings. The Balaban J connectivity index is 0.00000320. The van der Waals surface area contributed by atoms with Crippen molar-refractivity contribution >= 4 is 29.9 Å². The van der Waals surface area contributed by atoms with Crippen LogP contribution in [-0.4, -0.2) is 40.9 Å². The van der Waals surface area contributed by atoms with Gasteiger partial charge in [0.25, 0.3) is 0 Å². The van der Waals surface area contributed by atoms with Gasteiger partial charge in [-0.15, -0.1) is 24.0 Å². The van der Waals surface area contributed by atoms with E-state index in [0.29, 0.717) is 18.0 Å². The first-order chi connectivity index (χ1) is 14.2. The fraction of sp³-hybridized carbons (Fsp3) is 0.435. The van der Waals surface area contributed by atoms with Crippen LogP contribution >= 0.6 is 24.0 Å². The number of ether oxygens (including phenoxy) is 3. The fourth-order valence-electron chi connectivity index (χ4n) is 3.85. The van der Waals surface area contributed by atoms with Crippen molar-refractivity contribution in [1.82, 2.24) is 10.6 Å². The normalized spacial score (nSPS) is 14.7. The molecule has 0 atom stereocenters. The third kappa shape index (κ3) is 5.30. The number of benzene rings is 2. The Hall–Kier alpha value is -2.16. The average Bonchev–Trinajstić information content (AvgIpc) is 2.75. The second-order valence-electron chi connectivity index (χ2n) is 7.30. The number of rotatable bonds is 8. The zero-order valence-electron chi connectivity index (χ0n) is 18.2. The monoisotopic (exact) mass is 525 g/mol. The summed E-state index contributed by atoms with van der Waals surface area (Å²) in [6.07, 6.45) is 3.67. The van der Waals surface area contributed by atoms with Gasteiger partial charge in [0.05, 0.1) is 21.3 Å². The molecule has 0 spiro atoms. The first-order valence-corrected chi connectivity index (χ1v) is 9.94. The van der Waals surface area contributed by atoms with E-state index in [-0.39, 0.29) is 29.4 Å². The Bertz CT molecular complexity index is 839. The Kier molecular flexibility index (Phi) is 9.08. The minimum Gasteiger partial charge on any atom is -0.496 e. The van der Waals surface area contributed by atoms with Gasteiger partial charge in [0, 0.05) is 37.2 Å².